The SMILES string of the molecule is FC1CCCN(c2ccc3nc(-c4n[nH]c5ccc(Oc6ccc7ccncc7c6)cc45)[nH]c3c2)C1. The quantitative estimate of drug-likeness (QED) is 0.307. The molecule has 7 rings (SSSR count). The van der Waals surface area contributed by atoms with Crippen LogP contribution < -0.4 is 9.64 Å². The number of anilines is 1. The second kappa shape index (κ2) is 8.34. The number of piperidine rings is 1. The third kappa shape index (κ3) is 3.71. The number of alkyl halides is 1. The summed E-state index contributed by atoms with van der Waals surface area (Å²) < 4.78 is 20.1. The Kier molecular flexibility index (Phi) is 4.83. The largest absolute Gasteiger partial charge is 0.457 e. The Morgan fingerprint density at radius 1 is 0.944 bits per heavy atom. The van der Waals surface area contributed by atoms with Crippen LogP contribution >= 0.6 is 0 Å². The van der Waals surface area contributed by atoms with Crippen LogP contribution in [0.1, 0.15) is 12.8 Å². The number of ether oxygens (including phenoxy) is 1. The molecule has 8 heteroatoms. The molecule has 1 unspecified atom stereocenters. The number of nitrogens with zero attached hydrogens (tertiary/aromatic N) is 4. The van der Waals surface area contributed by atoms with Crippen molar-refractivity contribution in [2.45, 2.75) is 19.0 Å². The lowest BCUT2D eigenvalue weighted by atomic mass is 10.1. The van der Waals surface area contributed by atoms with Crippen molar-refractivity contribution < 1.29 is 9.13 Å². The predicted molar refractivity (Wildman–Crippen MR) is 139 cm³/mol. The van der Waals surface area contributed by atoms with Crippen LogP contribution in [0.15, 0.2) is 73.1 Å². The summed E-state index contributed by atoms with van der Waals surface area (Å²) in [5.41, 5.74) is 4.36. The van der Waals surface area contributed by atoms with E-state index in [1.807, 2.05) is 66.9 Å². The molecular formula is C28H23FN6O. The third-order valence-electron chi connectivity index (χ3n) is 6.80. The molecule has 1 saturated heterocycles. The first-order valence-electron chi connectivity index (χ1n) is 12.1. The monoisotopic (exact) mass is 478 g/mol. The van der Waals surface area contributed by atoms with Crippen molar-refractivity contribution in [2.75, 3.05) is 18.0 Å². The molecule has 1 aliphatic rings. The number of nitrogens with one attached hydrogen (secondary N) is 2. The highest BCUT2D eigenvalue weighted by Gasteiger charge is 2.20. The van der Waals surface area contributed by atoms with E-state index in [9.17, 15) is 4.39 Å². The fraction of sp³-hybridized carbons (Fsp3) is 0.179. The molecule has 0 aliphatic carbocycles. The maximum atomic E-state index is 13.9. The maximum absolute atomic E-state index is 13.9. The number of aromatic nitrogens is 5. The fourth-order valence-electron chi connectivity index (χ4n) is 4.97. The molecule has 3 aromatic heterocycles. The Hall–Kier alpha value is -4.46. The van der Waals surface area contributed by atoms with Crippen molar-refractivity contribution >= 4 is 38.4 Å². The van der Waals surface area contributed by atoms with Crippen molar-refractivity contribution in [3.8, 4) is 23.0 Å². The van der Waals surface area contributed by atoms with E-state index in [4.69, 9.17) is 9.72 Å². The molecule has 0 amide bonds. The molecule has 0 bridgehead atoms. The lowest BCUT2D eigenvalue weighted by molar-refractivity contribution is 0.287. The maximum Gasteiger partial charge on any atom is 0.159 e. The van der Waals surface area contributed by atoms with Gasteiger partial charge in [-0.05, 0) is 72.8 Å². The summed E-state index contributed by atoms with van der Waals surface area (Å²) in [7, 11) is 0. The smallest absolute Gasteiger partial charge is 0.159 e. The topological polar surface area (TPSA) is 82.7 Å². The zero-order chi connectivity index (χ0) is 24.1. The van der Waals surface area contributed by atoms with E-state index in [-0.39, 0.29) is 0 Å². The highest BCUT2D eigenvalue weighted by Crippen LogP contribution is 2.33. The zero-order valence-corrected chi connectivity index (χ0v) is 19.4. The number of hydrogen-bond acceptors (Lipinski definition) is 5. The van der Waals surface area contributed by atoms with E-state index >= 15 is 0 Å². The van der Waals surface area contributed by atoms with Crippen molar-refractivity contribution in [1.29, 1.82) is 0 Å². The van der Waals surface area contributed by atoms with E-state index in [1.54, 1.807) is 6.20 Å². The molecule has 0 spiro atoms. The third-order valence-corrected chi connectivity index (χ3v) is 6.80. The van der Waals surface area contributed by atoms with Crippen LogP contribution in [-0.2, 0) is 0 Å². The summed E-state index contributed by atoms with van der Waals surface area (Å²) in [4.78, 5) is 14.5. The number of benzene rings is 3. The molecule has 1 atom stereocenters. The molecule has 7 nitrogen and oxygen atoms in total. The van der Waals surface area contributed by atoms with Gasteiger partial charge in [0.25, 0.3) is 0 Å². The minimum absolute atomic E-state index is 0.438. The summed E-state index contributed by atoms with van der Waals surface area (Å²) in [5, 5.41) is 10.7. The van der Waals surface area contributed by atoms with Gasteiger partial charge in [0.2, 0.25) is 0 Å². The van der Waals surface area contributed by atoms with Gasteiger partial charge in [-0.3, -0.25) is 10.1 Å². The van der Waals surface area contributed by atoms with Gasteiger partial charge in [0.1, 0.15) is 23.4 Å². The number of pyridine rings is 1. The first-order chi connectivity index (χ1) is 17.7. The normalized spacial score (nSPS) is 16.2. The summed E-state index contributed by atoms with van der Waals surface area (Å²) in [5.74, 6) is 2.12. The summed E-state index contributed by atoms with van der Waals surface area (Å²) in [6.07, 6.45) is 4.34. The number of imidazole rings is 1. The van der Waals surface area contributed by atoms with Crippen LogP contribution in [0.2, 0.25) is 0 Å². The average Bonchev–Trinajstić information content (AvgIpc) is 3.52. The summed E-state index contributed by atoms with van der Waals surface area (Å²) >= 11 is 0. The molecule has 0 radical (unpaired) electrons. The van der Waals surface area contributed by atoms with Gasteiger partial charge in [0.15, 0.2) is 5.82 Å². The standard InChI is InChI=1S/C28H23FN6O/c29-19-2-1-11-35(16-19)20-4-7-25-26(13-20)32-28(31-25)27-23-14-22(6-8-24(23)33-34-27)36-21-5-3-17-9-10-30-15-18(17)12-21/h3-10,12-15,19H,1-2,11,16H2,(H,31,32)(H,33,34). The Bertz CT molecular complexity index is 1720. The van der Waals surface area contributed by atoms with Gasteiger partial charge in [-0.1, -0.05) is 6.07 Å². The van der Waals surface area contributed by atoms with Crippen molar-refractivity contribution in [3.05, 3.63) is 73.1 Å². The molecule has 6 aromatic rings. The second-order valence-electron chi connectivity index (χ2n) is 9.24. The molecule has 178 valence electrons. The molecule has 1 aliphatic heterocycles. The number of aromatic amines is 2. The summed E-state index contributed by atoms with van der Waals surface area (Å²) in [6.45, 7) is 1.31. The van der Waals surface area contributed by atoms with Gasteiger partial charge in [-0.25, -0.2) is 9.37 Å². The highest BCUT2D eigenvalue weighted by atomic mass is 19.1. The van der Waals surface area contributed by atoms with Crippen LogP contribution in [-0.4, -0.2) is 44.4 Å². The van der Waals surface area contributed by atoms with Gasteiger partial charge in [-0.2, -0.15) is 5.10 Å². The Morgan fingerprint density at radius 2 is 1.86 bits per heavy atom. The highest BCUT2D eigenvalue weighted by molar-refractivity contribution is 5.94. The van der Waals surface area contributed by atoms with E-state index in [0.717, 1.165) is 62.8 Å². The van der Waals surface area contributed by atoms with Crippen LogP contribution in [0.4, 0.5) is 10.1 Å². The molecule has 3 aromatic carbocycles. The van der Waals surface area contributed by atoms with Crippen molar-refractivity contribution in [3.63, 3.8) is 0 Å². The van der Waals surface area contributed by atoms with Gasteiger partial charge in [-0.15, -0.1) is 0 Å². The first-order valence-corrected chi connectivity index (χ1v) is 12.1. The van der Waals surface area contributed by atoms with E-state index in [0.29, 0.717) is 24.5 Å². The molecule has 2 N–H and O–H groups in total. The molecule has 0 saturated carbocycles. The lowest BCUT2D eigenvalue weighted by Crippen LogP contribution is -2.36. The van der Waals surface area contributed by atoms with E-state index in [1.165, 1.54) is 0 Å². The number of fused-ring (bicyclic) bond motifs is 3. The van der Waals surface area contributed by atoms with Crippen LogP contribution in [0.25, 0.3) is 44.2 Å². The molecule has 1 fully saturated rings. The Balaban J connectivity index is 1.21. The number of H-pyrrole nitrogens is 2. The van der Waals surface area contributed by atoms with Gasteiger partial charge >= 0.3 is 0 Å². The number of hydrogen-bond donors (Lipinski definition) is 2. The minimum Gasteiger partial charge on any atom is -0.457 e. The van der Waals surface area contributed by atoms with E-state index < -0.39 is 6.17 Å². The van der Waals surface area contributed by atoms with Crippen LogP contribution in [0.3, 0.4) is 0 Å². The van der Waals surface area contributed by atoms with Gasteiger partial charge < -0.3 is 14.6 Å². The minimum atomic E-state index is -0.773. The lowest BCUT2D eigenvalue weighted by Gasteiger charge is -2.30. The molecular weight excluding hydrogens is 455 g/mol. The number of rotatable bonds is 4. The first kappa shape index (κ1) is 20.9. The van der Waals surface area contributed by atoms with Crippen LogP contribution in [0.5, 0.6) is 11.5 Å². The fourth-order valence-corrected chi connectivity index (χ4v) is 4.97. The van der Waals surface area contributed by atoms with Crippen molar-refractivity contribution in [1.82, 2.24) is 25.1 Å². The van der Waals surface area contributed by atoms with Gasteiger partial charge in [0, 0.05) is 41.9 Å². The van der Waals surface area contributed by atoms with Crippen molar-refractivity contribution in [2.24, 2.45) is 0 Å². The van der Waals surface area contributed by atoms with Gasteiger partial charge in [0.05, 0.1) is 16.6 Å². The summed E-state index contributed by atoms with van der Waals surface area (Å²) in [6, 6.07) is 19.8. The molecule has 4 heterocycles. The number of halogens is 1. The van der Waals surface area contributed by atoms with E-state index in [2.05, 4.69) is 25.1 Å². The Morgan fingerprint density at radius 3 is 2.81 bits per heavy atom. The average molecular weight is 479 g/mol. The Labute approximate surface area is 205 Å². The zero-order valence-electron chi connectivity index (χ0n) is 19.4. The second-order valence-corrected chi connectivity index (χ2v) is 9.24. The predicted octanol–water partition coefficient (Wildman–Crippen LogP) is 6.39. The molecule has 36 heavy (non-hydrogen) atoms. The van der Waals surface area contributed by atoms with Crippen LogP contribution in [0, 0.1) is 0 Å².